The zero-order valence-corrected chi connectivity index (χ0v) is 24.0. The molecule has 0 radical (unpaired) electrons. The topological polar surface area (TPSA) is 111 Å². The lowest BCUT2D eigenvalue weighted by Crippen LogP contribution is -2.49. The second-order valence-electron chi connectivity index (χ2n) is 9.78. The number of hydrogen-bond acceptors (Lipinski definition) is 9. The van der Waals surface area contributed by atoms with Gasteiger partial charge in [0.25, 0.3) is 15.9 Å². The van der Waals surface area contributed by atoms with Crippen LogP contribution in [0.4, 0.5) is 10.8 Å². The predicted molar refractivity (Wildman–Crippen MR) is 147 cm³/mol. The molecule has 0 saturated heterocycles. The maximum absolute atomic E-state index is 13.8. The van der Waals surface area contributed by atoms with Gasteiger partial charge in [0.05, 0.1) is 24.2 Å². The first-order chi connectivity index (χ1) is 17.4. The van der Waals surface area contributed by atoms with Crippen LogP contribution in [0.25, 0.3) is 0 Å². The second-order valence-corrected chi connectivity index (χ2v) is 14.4. The molecule has 1 aliphatic heterocycles. The van der Waals surface area contributed by atoms with Gasteiger partial charge in [0.2, 0.25) is 5.13 Å². The van der Waals surface area contributed by atoms with Crippen LogP contribution in [0.5, 0.6) is 11.5 Å². The molecule has 1 N–H and O–H groups in total. The number of sulfonamides is 1. The fraction of sp³-hybridized carbons (Fsp3) is 0.400. The molecule has 3 aromatic rings. The van der Waals surface area contributed by atoms with Gasteiger partial charge < -0.3 is 9.47 Å². The van der Waals surface area contributed by atoms with Crippen molar-refractivity contribution in [1.29, 1.82) is 0 Å². The summed E-state index contributed by atoms with van der Waals surface area (Å²) in [5.41, 5.74) is 1.11. The summed E-state index contributed by atoms with van der Waals surface area (Å²) in [7, 11) is -2.51. The first-order valence-electron chi connectivity index (χ1n) is 11.7. The quantitative estimate of drug-likeness (QED) is 0.319. The van der Waals surface area contributed by atoms with E-state index in [0.717, 1.165) is 9.90 Å². The number of ether oxygens (including phenoxy) is 2. The van der Waals surface area contributed by atoms with Crippen LogP contribution in [-0.4, -0.2) is 49.5 Å². The fourth-order valence-electron chi connectivity index (χ4n) is 3.65. The van der Waals surface area contributed by atoms with Crippen LogP contribution in [-0.2, 0) is 20.2 Å². The number of nitrogens with one attached hydrogen (secondary N) is 1. The van der Waals surface area contributed by atoms with E-state index in [1.54, 1.807) is 30.0 Å². The van der Waals surface area contributed by atoms with Crippen LogP contribution in [0.2, 0.25) is 0 Å². The minimum absolute atomic E-state index is 0.0842. The molecule has 2 aromatic carbocycles. The van der Waals surface area contributed by atoms with E-state index in [9.17, 15) is 13.2 Å². The van der Waals surface area contributed by atoms with Crippen LogP contribution in [0.15, 0.2) is 51.7 Å². The fourth-order valence-corrected chi connectivity index (χ4v) is 7.10. The third-order valence-corrected chi connectivity index (χ3v) is 9.33. The highest BCUT2D eigenvalue weighted by Crippen LogP contribution is 2.40. The van der Waals surface area contributed by atoms with E-state index < -0.39 is 22.0 Å². The molecule has 1 aromatic heterocycles. The molecule has 1 atom stereocenters. The Hall–Kier alpha value is -2.83. The van der Waals surface area contributed by atoms with E-state index in [2.05, 4.69) is 15.5 Å². The summed E-state index contributed by atoms with van der Waals surface area (Å²) < 4.78 is 40.8. The smallest absolute Gasteiger partial charge is 0.269 e. The molecule has 0 saturated carbocycles. The number of rotatable bonds is 7. The highest BCUT2D eigenvalue weighted by molar-refractivity contribution is 8.01. The SMILES string of the molecule is COc1ccc(S(=O)(=O)N2C[C@@H](C(=O)Nc3nnc(SC(C)C)s3)Oc3ccc(C(C)(C)C)cc32)cc1. The van der Waals surface area contributed by atoms with Gasteiger partial charge in [-0.25, -0.2) is 8.42 Å². The molecule has 0 fully saturated rings. The molecule has 0 spiro atoms. The number of fused-ring (bicyclic) bond motifs is 1. The first kappa shape index (κ1) is 27.2. The normalized spacial score (nSPS) is 15.8. The lowest BCUT2D eigenvalue weighted by Gasteiger charge is -2.35. The monoisotopic (exact) mass is 562 g/mol. The summed E-state index contributed by atoms with van der Waals surface area (Å²) in [4.78, 5) is 13.3. The van der Waals surface area contributed by atoms with E-state index >= 15 is 0 Å². The average molecular weight is 563 g/mol. The summed E-state index contributed by atoms with van der Waals surface area (Å²) in [6.45, 7) is 10.0. The maximum atomic E-state index is 13.8. The maximum Gasteiger partial charge on any atom is 0.269 e. The van der Waals surface area contributed by atoms with Crippen LogP contribution in [0.1, 0.15) is 40.2 Å². The molecule has 0 unspecified atom stereocenters. The van der Waals surface area contributed by atoms with Gasteiger partial charge in [-0.15, -0.1) is 10.2 Å². The van der Waals surface area contributed by atoms with Crippen molar-refractivity contribution in [2.24, 2.45) is 0 Å². The van der Waals surface area contributed by atoms with Crippen molar-refractivity contribution in [3.63, 3.8) is 0 Å². The van der Waals surface area contributed by atoms with E-state index in [0.29, 0.717) is 27.6 Å². The lowest BCUT2D eigenvalue weighted by molar-refractivity contribution is -0.122. The number of thioether (sulfide) groups is 1. The Morgan fingerprint density at radius 2 is 1.89 bits per heavy atom. The molecule has 37 heavy (non-hydrogen) atoms. The number of benzene rings is 2. The highest BCUT2D eigenvalue weighted by Gasteiger charge is 2.38. The summed E-state index contributed by atoms with van der Waals surface area (Å²) in [6, 6.07) is 11.6. The van der Waals surface area contributed by atoms with Crippen molar-refractivity contribution in [2.45, 2.75) is 60.6 Å². The summed E-state index contributed by atoms with van der Waals surface area (Å²) >= 11 is 2.81. The molecular formula is C25H30N4O5S3. The lowest BCUT2D eigenvalue weighted by atomic mass is 9.86. The largest absolute Gasteiger partial charge is 0.497 e. The zero-order chi connectivity index (χ0) is 27.0. The van der Waals surface area contributed by atoms with E-state index in [4.69, 9.17) is 9.47 Å². The van der Waals surface area contributed by atoms with Gasteiger partial charge in [0, 0.05) is 5.25 Å². The third-order valence-electron chi connectivity index (χ3n) is 5.61. The van der Waals surface area contributed by atoms with Gasteiger partial charge in [-0.05, 0) is 47.4 Å². The molecule has 198 valence electrons. The number of nitrogens with zero attached hydrogens (tertiary/aromatic N) is 3. The van der Waals surface area contributed by atoms with Crippen molar-refractivity contribution in [3.05, 3.63) is 48.0 Å². The van der Waals surface area contributed by atoms with Gasteiger partial charge in [0.1, 0.15) is 11.5 Å². The van der Waals surface area contributed by atoms with Crippen molar-refractivity contribution in [1.82, 2.24) is 10.2 Å². The van der Waals surface area contributed by atoms with Gasteiger partial charge >= 0.3 is 0 Å². The Bertz CT molecular complexity index is 1380. The van der Waals surface area contributed by atoms with Crippen molar-refractivity contribution >= 4 is 49.8 Å². The highest BCUT2D eigenvalue weighted by atomic mass is 32.2. The number of amides is 1. The Kier molecular flexibility index (Phi) is 7.72. The molecule has 1 aliphatic rings. The third kappa shape index (κ3) is 6.02. The molecule has 0 bridgehead atoms. The summed E-state index contributed by atoms with van der Waals surface area (Å²) in [5, 5.41) is 11.5. The summed E-state index contributed by atoms with van der Waals surface area (Å²) in [6.07, 6.45) is -1.09. The standard InChI is InChI=1S/C25H30N4O5S3/c1-15(2)35-24-28-27-23(36-24)26-22(30)21-14-29(37(31,32)18-10-8-17(33-6)9-11-18)19-13-16(25(3,4)5)7-12-20(19)34-21/h7-13,15,21H,14H2,1-6H3,(H,26,27,30)/t21-/m0/s1. The Balaban J connectivity index is 1.68. The molecule has 2 heterocycles. The Labute approximate surface area is 225 Å². The van der Waals surface area contributed by atoms with Gasteiger partial charge in [0.15, 0.2) is 10.4 Å². The summed E-state index contributed by atoms with van der Waals surface area (Å²) in [5.74, 6) is 0.350. The van der Waals surface area contributed by atoms with Crippen molar-refractivity contribution < 1.29 is 22.7 Å². The number of anilines is 2. The number of methoxy groups -OCH3 is 1. The van der Waals surface area contributed by atoms with E-state index in [-0.39, 0.29) is 16.9 Å². The van der Waals surface area contributed by atoms with E-state index in [1.807, 2.05) is 46.8 Å². The van der Waals surface area contributed by atoms with Gasteiger partial charge in [-0.3, -0.25) is 14.4 Å². The van der Waals surface area contributed by atoms with Crippen molar-refractivity contribution in [2.75, 3.05) is 23.3 Å². The van der Waals surface area contributed by atoms with Crippen molar-refractivity contribution in [3.8, 4) is 11.5 Å². The second kappa shape index (κ2) is 10.5. The van der Waals surface area contributed by atoms with Gasteiger partial charge in [-0.1, -0.05) is 63.8 Å². The Morgan fingerprint density at radius 1 is 1.19 bits per heavy atom. The van der Waals surface area contributed by atoms with Crippen LogP contribution in [0, 0.1) is 0 Å². The molecular weight excluding hydrogens is 532 g/mol. The average Bonchev–Trinajstić information content (AvgIpc) is 3.28. The minimum Gasteiger partial charge on any atom is -0.497 e. The zero-order valence-electron chi connectivity index (χ0n) is 21.5. The van der Waals surface area contributed by atoms with Gasteiger partial charge in [-0.2, -0.15) is 0 Å². The number of carbonyl (C=O) groups is 1. The number of aromatic nitrogens is 2. The van der Waals surface area contributed by atoms with E-state index in [1.165, 1.54) is 34.9 Å². The van der Waals surface area contributed by atoms with Crippen LogP contribution < -0.4 is 19.1 Å². The minimum atomic E-state index is -4.02. The molecule has 0 aliphatic carbocycles. The van der Waals surface area contributed by atoms with Crippen LogP contribution in [0.3, 0.4) is 0 Å². The predicted octanol–water partition coefficient (Wildman–Crippen LogP) is 4.94. The molecule has 4 rings (SSSR count). The molecule has 9 nitrogen and oxygen atoms in total. The Morgan fingerprint density at radius 3 is 2.51 bits per heavy atom. The number of carbonyl (C=O) groups excluding carboxylic acids is 1. The number of hydrogen-bond donors (Lipinski definition) is 1. The van der Waals surface area contributed by atoms with Crippen LogP contribution >= 0.6 is 23.1 Å². The molecule has 1 amide bonds. The first-order valence-corrected chi connectivity index (χ1v) is 14.8. The molecule has 12 heteroatoms.